The van der Waals surface area contributed by atoms with Gasteiger partial charge in [-0.2, -0.15) is 0 Å². The second kappa shape index (κ2) is 11.4. The first kappa shape index (κ1) is 26.3. The van der Waals surface area contributed by atoms with Gasteiger partial charge in [0, 0.05) is 31.7 Å². The Morgan fingerprint density at radius 3 is 2.71 bits per heavy atom. The van der Waals surface area contributed by atoms with Crippen LogP contribution in [0, 0.1) is 6.92 Å². The van der Waals surface area contributed by atoms with Crippen molar-refractivity contribution in [3.05, 3.63) is 44.6 Å². The number of nitrogens with zero attached hydrogens (tertiary/aromatic N) is 5. The molecule has 1 atom stereocenters. The molecule has 182 valence electrons. The molecule has 3 rings (SSSR count). The minimum absolute atomic E-state index is 0.100. The lowest BCUT2D eigenvalue weighted by Gasteiger charge is -2.16. The van der Waals surface area contributed by atoms with Crippen molar-refractivity contribution in [1.29, 1.82) is 0 Å². The van der Waals surface area contributed by atoms with Gasteiger partial charge in [-0.15, -0.1) is 10.2 Å². The highest BCUT2D eigenvalue weighted by Gasteiger charge is 2.21. The van der Waals surface area contributed by atoms with Crippen molar-refractivity contribution in [1.82, 2.24) is 24.6 Å². The van der Waals surface area contributed by atoms with Gasteiger partial charge in [-0.05, 0) is 32.9 Å². The van der Waals surface area contributed by atoms with Crippen molar-refractivity contribution in [2.45, 2.75) is 38.6 Å². The lowest BCUT2D eigenvalue weighted by atomic mass is 10.3. The number of anilines is 1. The van der Waals surface area contributed by atoms with Crippen LogP contribution in [0.5, 0.6) is 5.75 Å². The van der Waals surface area contributed by atoms with Crippen LogP contribution in [-0.2, 0) is 11.3 Å². The van der Waals surface area contributed by atoms with Gasteiger partial charge < -0.3 is 19.5 Å². The number of carbonyl (C=O) groups is 2. The summed E-state index contributed by atoms with van der Waals surface area (Å²) < 4.78 is 7.83. The molecular weight excluding hydrogens is 519 g/mol. The van der Waals surface area contributed by atoms with Gasteiger partial charge in [-0.1, -0.05) is 46.3 Å². The van der Waals surface area contributed by atoms with Crippen molar-refractivity contribution >= 4 is 63.2 Å². The highest BCUT2D eigenvalue weighted by Crippen LogP contribution is 2.32. The number of aromatic nitrogens is 4. The van der Waals surface area contributed by atoms with E-state index in [1.54, 1.807) is 39.2 Å². The van der Waals surface area contributed by atoms with Crippen LogP contribution in [0.15, 0.2) is 23.4 Å². The number of nitrogens with one attached hydrogen (secondary N) is 1. The molecule has 34 heavy (non-hydrogen) atoms. The van der Waals surface area contributed by atoms with E-state index in [2.05, 4.69) is 20.5 Å². The number of ether oxygens (including phenoxy) is 1. The minimum Gasteiger partial charge on any atom is -0.481 e. The van der Waals surface area contributed by atoms with Gasteiger partial charge in [0.25, 0.3) is 5.91 Å². The number of amides is 2. The molecule has 0 aliphatic carbocycles. The van der Waals surface area contributed by atoms with Crippen molar-refractivity contribution < 1.29 is 14.3 Å². The smallest absolute Gasteiger partial charge is 0.265 e. The minimum atomic E-state index is -0.447. The zero-order chi connectivity index (χ0) is 25.0. The molecule has 2 aromatic heterocycles. The Labute approximate surface area is 215 Å². The fourth-order valence-corrected chi connectivity index (χ4v) is 5.09. The monoisotopic (exact) mass is 542 g/mol. The highest BCUT2D eigenvalue weighted by atomic mass is 35.5. The average molecular weight is 544 g/mol. The Hall–Kier alpha value is -2.34. The van der Waals surface area contributed by atoms with E-state index in [1.165, 1.54) is 16.7 Å². The quantitative estimate of drug-likeness (QED) is 0.382. The van der Waals surface area contributed by atoms with Crippen LogP contribution < -0.4 is 10.1 Å². The molecule has 0 radical (unpaired) electrons. The van der Waals surface area contributed by atoms with Crippen LogP contribution in [0.3, 0.4) is 0 Å². The van der Waals surface area contributed by atoms with Gasteiger partial charge in [0.15, 0.2) is 22.2 Å². The van der Waals surface area contributed by atoms with Gasteiger partial charge in [0.1, 0.15) is 10.6 Å². The molecule has 9 nitrogen and oxygen atoms in total. The Kier molecular flexibility index (Phi) is 8.80. The standard InChI is InChI=1S/C21H24Cl2N6O3S2/c1-6-29-18(12(3)32-15-9-13(22)7-8-14(15)23)26-27-21(29)33-10-16(30)25-20-24-11(2)17(34-20)19(31)28(4)5/h7-9,12H,6,10H2,1-5H3,(H,24,25,30). The molecule has 1 aromatic carbocycles. The van der Waals surface area contributed by atoms with Crippen molar-refractivity contribution in [3.63, 3.8) is 0 Å². The molecule has 0 aliphatic heterocycles. The van der Waals surface area contributed by atoms with Gasteiger partial charge in [-0.25, -0.2) is 4.98 Å². The number of carbonyl (C=O) groups excluding carboxylic acids is 2. The maximum absolute atomic E-state index is 12.5. The SMILES string of the molecule is CCn1c(SCC(=O)Nc2nc(C)c(C(=O)N(C)C)s2)nnc1C(C)Oc1cc(Cl)ccc1Cl. The van der Waals surface area contributed by atoms with Crippen LogP contribution in [0.25, 0.3) is 0 Å². The number of rotatable bonds is 9. The Morgan fingerprint density at radius 2 is 2.03 bits per heavy atom. The Balaban J connectivity index is 1.64. The summed E-state index contributed by atoms with van der Waals surface area (Å²) in [5.41, 5.74) is 0.579. The summed E-state index contributed by atoms with van der Waals surface area (Å²) in [5, 5.41) is 13.1. The number of halogens is 2. The van der Waals surface area contributed by atoms with Gasteiger partial charge in [-0.3, -0.25) is 9.59 Å². The molecule has 1 unspecified atom stereocenters. The first-order valence-corrected chi connectivity index (χ1v) is 12.8. The molecule has 0 aliphatic rings. The van der Waals surface area contributed by atoms with Crippen molar-refractivity contribution in [3.8, 4) is 5.75 Å². The summed E-state index contributed by atoms with van der Waals surface area (Å²) in [6, 6.07) is 4.99. The topological polar surface area (TPSA) is 102 Å². The Bertz CT molecular complexity index is 1200. The summed E-state index contributed by atoms with van der Waals surface area (Å²) >= 11 is 14.6. The molecule has 1 N–H and O–H groups in total. The summed E-state index contributed by atoms with van der Waals surface area (Å²) in [6.45, 7) is 6.12. The van der Waals surface area contributed by atoms with E-state index in [4.69, 9.17) is 27.9 Å². The second-order valence-electron chi connectivity index (χ2n) is 7.39. The summed E-state index contributed by atoms with van der Waals surface area (Å²) in [6.07, 6.45) is -0.447. The number of hydrogen-bond acceptors (Lipinski definition) is 8. The van der Waals surface area contributed by atoms with E-state index in [9.17, 15) is 9.59 Å². The summed E-state index contributed by atoms with van der Waals surface area (Å²) in [5.74, 6) is 0.743. The fourth-order valence-electron chi connectivity index (χ4n) is 2.95. The predicted octanol–water partition coefficient (Wildman–Crippen LogP) is 4.94. The van der Waals surface area contributed by atoms with Crippen LogP contribution in [0.4, 0.5) is 5.13 Å². The molecule has 13 heteroatoms. The zero-order valence-electron chi connectivity index (χ0n) is 19.3. The van der Waals surface area contributed by atoms with Crippen LogP contribution in [0.2, 0.25) is 10.0 Å². The summed E-state index contributed by atoms with van der Waals surface area (Å²) in [7, 11) is 3.34. The fraction of sp³-hybridized carbons (Fsp3) is 0.381. The molecule has 2 heterocycles. The van der Waals surface area contributed by atoms with E-state index in [1.807, 2.05) is 18.4 Å². The number of hydrogen-bond donors (Lipinski definition) is 1. The van der Waals surface area contributed by atoms with E-state index in [-0.39, 0.29) is 17.6 Å². The van der Waals surface area contributed by atoms with E-state index in [0.29, 0.717) is 49.0 Å². The van der Waals surface area contributed by atoms with E-state index in [0.717, 1.165) is 11.3 Å². The first-order chi connectivity index (χ1) is 16.1. The maximum atomic E-state index is 12.5. The third-order valence-corrected chi connectivity index (χ3v) is 7.17. The van der Waals surface area contributed by atoms with Crippen molar-refractivity contribution in [2.75, 3.05) is 25.2 Å². The largest absolute Gasteiger partial charge is 0.481 e. The number of thiazole rings is 1. The number of aryl methyl sites for hydroxylation is 1. The van der Waals surface area contributed by atoms with Crippen molar-refractivity contribution in [2.24, 2.45) is 0 Å². The molecule has 0 saturated carbocycles. The third-order valence-electron chi connectivity index (χ3n) is 4.60. The zero-order valence-corrected chi connectivity index (χ0v) is 22.4. The van der Waals surface area contributed by atoms with E-state index < -0.39 is 6.10 Å². The molecule has 3 aromatic rings. The van der Waals surface area contributed by atoms with Gasteiger partial charge in [0.2, 0.25) is 5.91 Å². The number of thioether (sulfide) groups is 1. The first-order valence-electron chi connectivity index (χ1n) is 10.3. The predicted molar refractivity (Wildman–Crippen MR) is 135 cm³/mol. The lowest BCUT2D eigenvalue weighted by molar-refractivity contribution is -0.113. The lowest BCUT2D eigenvalue weighted by Crippen LogP contribution is -2.21. The molecule has 2 amide bonds. The van der Waals surface area contributed by atoms with Gasteiger partial charge in [0.05, 0.1) is 16.5 Å². The number of benzene rings is 1. The highest BCUT2D eigenvalue weighted by molar-refractivity contribution is 7.99. The van der Waals surface area contributed by atoms with Gasteiger partial charge >= 0.3 is 0 Å². The molecule has 0 fully saturated rings. The molecular formula is C21H24Cl2N6O3S2. The normalized spacial score (nSPS) is 11.9. The molecule has 0 spiro atoms. The van der Waals surface area contributed by atoms with Crippen LogP contribution in [0.1, 0.15) is 41.1 Å². The van der Waals surface area contributed by atoms with Crippen LogP contribution >= 0.6 is 46.3 Å². The van der Waals surface area contributed by atoms with Crippen LogP contribution in [-0.4, -0.2) is 56.3 Å². The molecule has 0 bridgehead atoms. The maximum Gasteiger partial charge on any atom is 0.265 e. The molecule has 0 saturated heterocycles. The Morgan fingerprint density at radius 1 is 1.29 bits per heavy atom. The summed E-state index contributed by atoms with van der Waals surface area (Å²) in [4.78, 5) is 30.9. The van der Waals surface area contributed by atoms with E-state index >= 15 is 0 Å². The average Bonchev–Trinajstić information content (AvgIpc) is 3.36. The third kappa shape index (κ3) is 6.21. The second-order valence-corrected chi connectivity index (χ2v) is 10.2.